The van der Waals surface area contributed by atoms with Gasteiger partial charge in [0.15, 0.2) is 0 Å². The quantitative estimate of drug-likeness (QED) is 0.666. The molecular formula is C15H12BrClN2. The van der Waals surface area contributed by atoms with Crippen LogP contribution in [0.4, 0.5) is 0 Å². The van der Waals surface area contributed by atoms with Crippen molar-refractivity contribution < 1.29 is 0 Å². The van der Waals surface area contributed by atoms with E-state index in [0.717, 1.165) is 27.4 Å². The van der Waals surface area contributed by atoms with Crippen molar-refractivity contribution in [1.82, 2.24) is 9.38 Å². The standard InChI is InChI=1S/C15H12BrClN2/c1-10-3-2-8-19-13(18-15(16)14(10)19)9-11-4-6-12(17)7-5-11/h2-8H,9H2,1H3. The highest BCUT2D eigenvalue weighted by atomic mass is 79.9. The number of aryl methyl sites for hydroxylation is 1. The van der Waals surface area contributed by atoms with Gasteiger partial charge >= 0.3 is 0 Å². The molecule has 0 bridgehead atoms. The summed E-state index contributed by atoms with van der Waals surface area (Å²) >= 11 is 9.45. The number of nitrogens with zero attached hydrogens (tertiary/aromatic N) is 2. The SMILES string of the molecule is Cc1cccn2c(Cc3ccc(Cl)cc3)nc(Br)c12. The number of pyridine rings is 1. The highest BCUT2D eigenvalue weighted by Crippen LogP contribution is 2.23. The highest BCUT2D eigenvalue weighted by molar-refractivity contribution is 9.10. The lowest BCUT2D eigenvalue weighted by molar-refractivity contribution is 0.957. The molecule has 0 saturated heterocycles. The zero-order chi connectivity index (χ0) is 13.4. The molecule has 2 nitrogen and oxygen atoms in total. The fourth-order valence-electron chi connectivity index (χ4n) is 2.22. The van der Waals surface area contributed by atoms with Gasteiger partial charge in [-0.25, -0.2) is 4.98 Å². The van der Waals surface area contributed by atoms with Crippen molar-refractivity contribution in [3.8, 4) is 0 Å². The average molecular weight is 336 g/mol. The Morgan fingerprint density at radius 2 is 1.95 bits per heavy atom. The molecule has 3 aromatic rings. The van der Waals surface area contributed by atoms with Crippen molar-refractivity contribution in [2.24, 2.45) is 0 Å². The van der Waals surface area contributed by atoms with Crippen molar-refractivity contribution in [3.63, 3.8) is 0 Å². The Morgan fingerprint density at radius 3 is 2.68 bits per heavy atom. The van der Waals surface area contributed by atoms with Crippen LogP contribution in [0.25, 0.3) is 5.52 Å². The first kappa shape index (κ1) is 12.7. The summed E-state index contributed by atoms with van der Waals surface area (Å²) in [6.45, 7) is 2.09. The molecule has 0 spiro atoms. The van der Waals surface area contributed by atoms with Crippen molar-refractivity contribution in [3.05, 3.63) is 69.2 Å². The average Bonchev–Trinajstić information content (AvgIpc) is 2.70. The van der Waals surface area contributed by atoms with Crippen molar-refractivity contribution in [2.75, 3.05) is 0 Å². The molecule has 2 aromatic heterocycles. The molecule has 2 heterocycles. The van der Waals surface area contributed by atoms with Gasteiger partial charge in [0.2, 0.25) is 0 Å². The maximum atomic E-state index is 5.91. The van der Waals surface area contributed by atoms with Crippen molar-refractivity contribution >= 4 is 33.0 Å². The third-order valence-corrected chi connectivity index (χ3v) is 3.98. The van der Waals surface area contributed by atoms with E-state index in [0.29, 0.717) is 0 Å². The molecular weight excluding hydrogens is 324 g/mol. The van der Waals surface area contributed by atoms with Crippen LogP contribution in [0.5, 0.6) is 0 Å². The lowest BCUT2D eigenvalue weighted by Gasteiger charge is -2.03. The number of hydrogen-bond donors (Lipinski definition) is 0. The molecule has 19 heavy (non-hydrogen) atoms. The zero-order valence-electron chi connectivity index (χ0n) is 10.4. The Hall–Kier alpha value is -1.32. The summed E-state index contributed by atoms with van der Waals surface area (Å²) < 4.78 is 3.03. The van der Waals surface area contributed by atoms with Crippen LogP contribution in [0.15, 0.2) is 47.2 Å². The maximum Gasteiger partial charge on any atom is 0.132 e. The molecule has 4 heteroatoms. The fraction of sp³-hybridized carbons (Fsp3) is 0.133. The molecule has 0 fully saturated rings. The van der Waals surface area contributed by atoms with Gasteiger partial charge in [-0.15, -0.1) is 0 Å². The predicted molar refractivity (Wildman–Crippen MR) is 81.9 cm³/mol. The molecule has 0 unspecified atom stereocenters. The van der Waals surface area contributed by atoms with Gasteiger partial charge < -0.3 is 4.40 Å². The summed E-state index contributed by atoms with van der Waals surface area (Å²) in [6, 6.07) is 12.0. The van der Waals surface area contributed by atoms with Crippen LogP contribution in [0.3, 0.4) is 0 Å². The number of hydrogen-bond acceptors (Lipinski definition) is 1. The van der Waals surface area contributed by atoms with Crippen LogP contribution in [0.1, 0.15) is 17.0 Å². The Balaban J connectivity index is 2.06. The van der Waals surface area contributed by atoms with Gasteiger partial charge in [0.1, 0.15) is 10.4 Å². The van der Waals surface area contributed by atoms with Crippen LogP contribution in [0, 0.1) is 6.92 Å². The van der Waals surface area contributed by atoms with E-state index in [4.69, 9.17) is 11.6 Å². The number of fused-ring (bicyclic) bond motifs is 1. The molecule has 0 saturated carbocycles. The van der Waals surface area contributed by atoms with E-state index >= 15 is 0 Å². The summed E-state index contributed by atoms with van der Waals surface area (Å²) in [5.41, 5.74) is 3.54. The number of rotatable bonds is 2. The lowest BCUT2D eigenvalue weighted by atomic mass is 10.1. The second-order valence-corrected chi connectivity index (χ2v) is 5.72. The van der Waals surface area contributed by atoms with E-state index in [1.165, 1.54) is 11.1 Å². The summed E-state index contributed by atoms with van der Waals surface area (Å²) in [5.74, 6) is 1.02. The monoisotopic (exact) mass is 334 g/mol. The van der Waals surface area contributed by atoms with Gasteiger partial charge in [-0.05, 0) is 52.2 Å². The Labute approximate surface area is 125 Å². The van der Waals surface area contributed by atoms with E-state index in [2.05, 4.69) is 38.3 Å². The summed E-state index contributed by atoms with van der Waals surface area (Å²) in [5, 5.41) is 0.758. The van der Waals surface area contributed by atoms with Gasteiger partial charge in [-0.2, -0.15) is 0 Å². The topological polar surface area (TPSA) is 17.3 Å². The Morgan fingerprint density at radius 1 is 1.21 bits per heavy atom. The minimum atomic E-state index is 0.758. The second kappa shape index (κ2) is 4.99. The number of benzene rings is 1. The van der Waals surface area contributed by atoms with Crippen LogP contribution < -0.4 is 0 Å². The van der Waals surface area contributed by atoms with E-state index in [1.54, 1.807) is 0 Å². The lowest BCUT2D eigenvalue weighted by Crippen LogP contribution is -1.96. The van der Waals surface area contributed by atoms with Crippen molar-refractivity contribution in [1.29, 1.82) is 0 Å². The van der Waals surface area contributed by atoms with Gasteiger partial charge in [0.25, 0.3) is 0 Å². The minimum Gasteiger partial charge on any atom is -0.302 e. The predicted octanol–water partition coefficient (Wildman–Crippen LogP) is 4.65. The molecule has 0 aliphatic rings. The van der Waals surface area contributed by atoms with Gasteiger partial charge in [-0.1, -0.05) is 29.8 Å². The van der Waals surface area contributed by atoms with E-state index in [-0.39, 0.29) is 0 Å². The first-order valence-electron chi connectivity index (χ1n) is 6.01. The third kappa shape index (κ3) is 2.40. The van der Waals surface area contributed by atoms with Crippen molar-refractivity contribution in [2.45, 2.75) is 13.3 Å². The molecule has 96 valence electrons. The molecule has 0 N–H and O–H groups in total. The largest absolute Gasteiger partial charge is 0.302 e. The highest BCUT2D eigenvalue weighted by Gasteiger charge is 2.11. The second-order valence-electron chi connectivity index (χ2n) is 4.53. The van der Waals surface area contributed by atoms with Gasteiger partial charge in [-0.3, -0.25) is 0 Å². The molecule has 1 aromatic carbocycles. The molecule has 3 rings (SSSR count). The van der Waals surface area contributed by atoms with E-state index < -0.39 is 0 Å². The van der Waals surface area contributed by atoms with Crippen LogP contribution in [-0.2, 0) is 6.42 Å². The minimum absolute atomic E-state index is 0.758. The first-order valence-corrected chi connectivity index (χ1v) is 7.19. The van der Waals surface area contributed by atoms with Crippen LogP contribution >= 0.6 is 27.5 Å². The zero-order valence-corrected chi connectivity index (χ0v) is 12.7. The normalized spacial score (nSPS) is 11.1. The van der Waals surface area contributed by atoms with E-state index in [1.807, 2.05) is 36.5 Å². The number of aromatic nitrogens is 2. The number of halogens is 2. The van der Waals surface area contributed by atoms with Crippen LogP contribution in [-0.4, -0.2) is 9.38 Å². The smallest absolute Gasteiger partial charge is 0.132 e. The fourth-order valence-corrected chi connectivity index (χ4v) is 3.06. The molecule has 0 radical (unpaired) electrons. The summed E-state index contributed by atoms with van der Waals surface area (Å²) in [7, 11) is 0. The molecule has 0 atom stereocenters. The summed E-state index contributed by atoms with van der Waals surface area (Å²) in [4.78, 5) is 4.61. The Kier molecular flexibility index (Phi) is 3.33. The van der Waals surface area contributed by atoms with E-state index in [9.17, 15) is 0 Å². The van der Waals surface area contributed by atoms with Gasteiger partial charge in [0, 0.05) is 17.6 Å². The third-order valence-electron chi connectivity index (χ3n) is 3.17. The van der Waals surface area contributed by atoms with Gasteiger partial charge in [0.05, 0.1) is 5.52 Å². The first-order chi connectivity index (χ1) is 9.15. The Bertz CT molecular complexity index is 732. The maximum absolute atomic E-state index is 5.91. The molecule has 0 aliphatic heterocycles. The number of imidazole rings is 1. The van der Waals surface area contributed by atoms with Crippen LogP contribution in [0.2, 0.25) is 5.02 Å². The molecule has 0 aliphatic carbocycles. The summed E-state index contributed by atoms with van der Waals surface area (Å²) in [6.07, 6.45) is 2.83. The molecule has 0 amide bonds.